The minimum absolute atomic E-state index is 0.190. The Bertz CT molecular complexity index is 529. The van der Waals surface area contributed by atoms with Crippen molar-refractivity contribution >= 4 is 5.78 Å². The Morgan fingerprint density at radius 2 is 1.82 bits per heavy atom. The van der Waals surface area contributed by atoms with E-state index in [1.807, 2.05) is 43.6 Å². The van der Waals surface area contributed by atoms with E-state index >= 15 is 0 Å². The van der Waals surface area contributed by atoms with Gasteiger partial charge in [-0.25, -0.2) is 0 Å². The van der Waals surface area contributed by atoms with Crippen molar-refractivity contribution < 1.29 is 4.79 Å². The Kier molecular flexibility index (Phi) is 3.33. The number of ketones is 1. The van der Waals surface area contributed by atoms with Crippen LogP contribution in [0.1, 0.15) is 18.1 Å². The van der Waals surface area contributed by atoms with Gasteiger partial charge in [-0.1, -0.05) is 24.3 Å². The van der Waals surface area contributed by atoms with Crippen molar-refractivity contribution in [2.24, 2.45) is 0 Å². The van der Waals surface area contributed by atoms with Crippen molar-refractivity contribution in [1.29, 1.82) is 0 Å². The summed E-state index contributed by atoms with van der Waals surface area (Å²) in [6, 6.07) is 10.2. The summed E-state index contributed by atoms with van der Waals surface area (Å²) in [5, 5.41) is 0. The van der Waals surface area contributed by atoms with Crippen LogP contribution in [0, 0.1) is 6.92 Å². The summed E-state index contributed by atoms with van der Waals surface area (Å²) < 4.78 is 0. The summed E-state index contributed by atoms with van der Waals surface area (Å²) in [6.07, 6.45) is 4.20. The minimum atomic E-state index is 0.190. The normalized spacial score (nSPS) is 10.2. The van der Waals surface area contributed by atoms with E-state index in [1.54, 1.807) is 6.92 Å². The van der Waals surface area contributed by atoms with Gasteiger partial charge >= 0.3 is 0 Å². The van der Waals surface area contributed by atoms with Crippen LogP contribution in [0.5, 0.6) is 0 Å². The molecule has 0 fully saturated rings. The molecule has 1 aromatic heterocycles. The number of hydrogen-bond donors (Lipinski definition) is 0. The molecule has 0 saturated carbocycles. The molecular weight excluding hydrogens is 210 g/mol. The molecule has 2 nitrogen and oxygen atoms in total. The van der Waals surface area contributed by atoms with Gasteiger partial charge in [-0.3, -0.25) is 9.78 Å². The van der Waals surface area contributed by atoms with Gasteiger partial charge in [0.25, 0.3) is 0 Å². The van der Waals surface area contributed by atoms with Gasteiger partial charge in [-0.15, -0.1) is 0 Å². The molecular formula is C15H15NO. The van der Waals surface area contributed by atoms with E-state index in [2.05, 4.69) is 11.1 Å². The number of Topliss-reactive ketones (excluding diaryl/α,β-unsaturated/α-hetero) is 1. The highest BCUT2D eigenvalue weighted by Gasteiger charge is 2.00. The summed E-state index contributed by atoms with van der Waals surface area (Å²) in [5.74, 6) is 0.190. The average molecular weight is 225 g/mol. The quantitative estimate of drug-likeness (QED) is 0.803. The molecule has 1 heterocycles. The van der Waals surface area contributed by atoms with Crippen LogP contribution in [0.4, 0.5) is 0 Å². The lowest BCUT2D eigenvalue weighted by Gasteiger charge is -2.04. The molecule has 1 aromatic carbocycles. The molecule has 0 amide bonds. The fourth-order valence-electron chi connectivity index (χ4n) is 1.82. The van der Waals surface area contributed by atoms with Crippen LogP contribution >= 0.6 is 0 Å². The van der Waals surface area contributed by atoms with Crippen LogP contribution in [0.2, 0.25) is 0 Å². The molecule has 0 atom stereocenters. The summed E-state index contributed by atoms with van der Waals surface area (Å²) in [7, 11) is 0. The second kappa shape index (κ2) is 4.91. The number of nitrogens with zero attached hydrogens (tertiary/aromatic N) is 1. The van der Waals surface area contributed by atoms with Gasteiger partial charge in [-0.2, -0.15) is 0 Å². The first-order valence-corrected chi connectivity index (χ1v) is 5.65. The van der Waals surface area contributed by atoms with Crippen molar-refractivity contribution in [3.8, 4) is 11.1 Å². The van der Waals surface area contributed by atoms with Crippen LogP contribution < -0.4 is 0 Å². The van der Waals surface area contributed by atoms with Gasteiger partial charge in [0, 0.05) is 24.4 Å². The standard InChI is InChI=1S/C15H15NO/c1-11-7-15(10-16-9-11)14-5-3-13(4-6-14)8-12(2)17/h3-7,9-10H,8H2,1-2H3. The van der Waals surface area contributed by atoms with Crippen LogP contribution in [-0.4, -0.2) is 10.8 Å². The van der Waals surface area contributed by atoms with E-state index in [1.165, 1.54) is 0 Å². The zero-order chi connectivity index (χ0) is 12.3. The predicted molar refractivity (Wildman–Crippen MR) is 68.8 cm³/mol. The highest BCUT2D eigenvalue weighted by Crippen LogP contribution is 2.19. The molecule has 0 bridgehead atoms. The molecule has 2 rings (SSSR count). The average Bonchev–Trinajstić information content (AvgIpc) is 2.29. The smallest absolute Gasteiger partial charge is 0.134 e. The van der Waals surface area contributed by atoms with E-state index in [0.717, 1.165) is 22.3 Å². The Hall–Kier alpha value is -1.96. The number of carbonyl (C=O) groups is 1. The number of pyridine rings is 1. The fourth-order valence-corrected chi connectivity index (χ4v) is 1.82. The lowest BCUT2D eigenvalue weighted by atomic mass is 10.0. The molecule has 0 unspecified atom stereocenters. The van der Waals surface area contributed by atoms with E-state index in [-0.39, 0.29) is 5.78 Å². The number of rotatable bonds is 3. The summed E-state index contributed by atoms with van der Waals surface area (Å²) in [4.78, 5) is 15.2. The molecule has 2 heteroatoms. The van der Waals surface area contributed by atoms with Crippen molar-refractivity contribution in [1.82, 2.24) is 4.98 Å². The Labute approximate surface area is 101 Å². The second-order valence-electron chi connectivity index (χ2n) is 4.33. The lowest BCUT2D eigenvalue weighted by Crippen LogP contribution is -1.95. The van der Waals surface area contributed by atoms with Gasteiger partial charge in [0.2, 0.25) is 0 Å². The monoisotopic (exact) mass is 225 g/mol. The zero-order valence-corrected chi connectivity index (χ0v) is 10.1. The third-order valence-electron chi connectivity index (χ3n) is 2.62. The van der Waals surface area contributed by atoms with Gasteiger partial charge < -0.3 is 0 Å². The van der Waals surface area contributed by atoms with Crippen molar-refractivity contribution in [2.75, 3.05) is 0 Å². The highest BCUT2D eigenvalue weighted by molar-refractivity contribution is 5.78. The first-order chi connectivity index (χ1) is 8.15. The van der Waals surface area contributed by atoms with E-state index in [4.69, 9.17) is 0 Å². The first-order valence-electron chi connectivity index (χ1n) is 5.65. The summed E-state index contributed by atoms with van der Waals surface area (Å²) >= 11 is 0. The van der Waals surface area contributed by atoms with Crippen LogP contribution in [0.15, 0.2) is 42.7 Å². The molecule has 86 valence electrons. The SMILES string of the molecule is CC(=O)Cc1ccc(-c2cncc(C)c2)cc1. The number of aromatic nitrogens is 1. The molecule has 0 radical (unpaired) electrons. The largest absolute Gasteiger partial charge is 0.300 e. The number of carbonyl (C=O) groups excluding carboxylic acids is 1. The summed E-state index contributed by atoms with van der Waals surface area (Å²) in [6.45, 7) is 3.64. The lowest BCUT2D eigenvalue weighted by molar-refractivity contribution is -0.116. The van der Waals surface area contributed by atoms with Gasteiger partial charge in [0.05, 0.1) is 0 Å². The predicted octanol–water partition coefficient (Wildman–Crippen LogP) is 3.19. The molecule has 0 aliphatic heterocycles. The third-order valence-corrected chi connectivity index (χ3v) is 2.62. The van der Waals surface area contributed by atoms with Crippen LogP contribution in [0.3, 0.4) is 0 Å². The van der Waals surface area contributed by atoms with Crippen LogP contribution in [0.25, 0.3) is 11.1 Å². The van der Waals surface area contributed by atoms with Crippen LogP contribution in [-0.2, 0) is 11.2 Å². The Balaban J connectivity index is 2.26. The maximum absolute atomic E-state index is 11.0. The maximum Gasteiger partial charge on any atom is 0.134 e. The van der Waals surface area contributed by atoms with Gasteiger partial charge in [0.15, 0.2) is 0 Å². The fraction of sp³-hybridized carbons (Fsp3) is 0.200. The van der Waals surface area contributed by atoms with E-state index in [9.17, 15) is 4.79 Å². The van der Waals surface area contributed by atoms with Crippen molar-refractivity contribution in [3.05, 3.63) is 53.9 Å². The molecule has 2 aromatic rings. The number of hydrogen-bond acceptors (Lipinski definition) is 2. The van der Waals surface area contributed by atoms with Crippen molar-refractivity contribution in [2.45, 2.75) is 20.3 Å². The maximum atomic E-state index is 11.0. The summed E-state index contributed by atoms with van der Waals surface area (Å²) in [5.41, 5.74) is 4.45. The number of benzene rings is 1. The third kappa shape index (κ3) is 3.00. The Morgan fingerprint density at radius 1 is 1.12 bits per heavy atom. The molecule has 17 heavy (non-hydrogen) atoms. The molecule has 0 aliphatic rings. The molecule has 0 N–H and O–H groups in total. The van der Waals surface area contributed by atoms with Crippen molar-refractivity contribution in [3.63, 3.8) is 0 Å². The molecule has 0 saturated heterocycles. The highest BCUT2D eigenvalue weighted by atomic mass is 16.1. The minimum Gasteiger partial charge on any atom is -0.300 e. The topological polar surface area (TPSA) is 30.0 Å². The van der Waals surface area contributed by atoms with E-state index < -0.39 is 0 Å². The molecule has 0 aliphatic carbocycles. The Morgan fingerprint density at radius 3 is 2.41 bits per heavy atom. The second-order valence-corrected chi connectivity index (χ2v) is 4.33. The van der Waals surface area contributed by atoms with E-state index in [0.29, 0.717) is 6.42 Å². The molecule has 0 spiro atoms. The van der Waals surface area contributed by atoms with Gasteiger partial charge in [-0.05, 0) is 36.6 Å². The number of aryl methyl sites for hydroxylation is 1. The zero-order valence-electron chi connectivity index (χ0n) is 10.1. The first kappa shape index (κ1) is 11.5. The van der Waals surface area contributed by atoms with Gasteiger partial charge in [0.1, 0.15) is 5.78 Å².